The molecule has 0 atom stereocenters. The van der Waals surface area contributed by atoms with Crippen molar-refractivity contribution < 1.29 is 13.2 Å². The van der Waals surface area contributed by atoms with Crippen molar-refractivity contribution >= 4 is 24.3 Å². The third-order valence-electron chi connectivity index (χ3n) is 2.97. The Bertz CT molecular complexity index is 696. The summed E-state index contributed by atoms with van der Waals surface area (Å²) in [6, 6.07) is 13.3. The molecule has 3 aromatic rings. The van der Waals surface area contributed by atoms with Crippen LogP contribution in [0.1, 0.15) is 15.7 Å². The van der Waals surface area contributed by atoms with Gasteiger partial charge in [-0.1, -0.05) is 0 Å². The molecule has 20 heavy (non-hydrogen) atoms. The number of alkyl halides is 3. The molecule has 5 heteroatoms. The molecule has 1 nitrogen and oxygen atoms in total. The van der Waals surface area contributed by atoms with Gasteiger partial charge in [0.1, 0.15) is 0 Å². The normalized spacial score (nSPS) is 11.9. The van der Waals surface area contributed by atoms with Crippen molar-refractivity contribution in [2.24, 2.45) is 0 Å². The fourth-order valence-corrected chi connectivity index (χ4v) is 4.08. The zero-order valence-corrected chi connectivity index (χ0v) is 12.0. The third kappa shape index (κ3) is 2.79. The Morgan fingerprint density at radius 1 is 0.950 bits per heavy atom. The van der Waals surface area contributed by atoms with E-state index in [1.807, 2.05) is 18.2 Å². The van der Waals surface area contributed by atoms with Gasteiger partial charge in [-0.3, -0.25) is 0 Å². The average molecular weight is 340 g/mol. The second-order valence-corrected chi connectivity index (χ2v) is 6.79. The minimum atomic E-state index is -4.27. The summed E-state index contributed by atoms with van der Waals surface area (Å²) in [5, 5.41) is 0. The molecule has 1 aromatic heterocycles. The molecule has 0 N–H and O–H groups in total. The van der Waals surface area contributed by atoms with Crippen LogP contribution < -0.4 is 0 Å². The Balaban J connectivity index is 1.84. The Labute approximate surface area is 119 Å². The van der Waals surface area contributed by atoms with E-state index in [1.54, 1.807) is 0 Å². The molecule has 2 aromatic carbocycles. The summed E-state index contributed by atoms with van der Waals surface area (Å²) in [6.45, 7) is 0. The number of fused-ring (bicyclic) bond motifs is 1. The molecule has 0 saturated heterocycles. The fourth-order valence-electron chi connectivity index (χ4n) is 1.98. The number of nitrogens with zero attached hydrogens (tertiary/aromatic N) is 1. The van der Waals surface area contributed by atoms with Gasteiger partial charge in [0.2, 0.25) is 0 Å². The summed E-state index contributed by atoms with van der Waals surface area (Å²) in [4.78, 5) is 4.54. The number of benzene rings is 2. The molecule has 0 bridgehead atoms. The quantitative estimate of drug-likeness (QED) is 0.645. The monoisotopic (exact) mass is 341 g/mol. The Morgan fingerprint density at radius 2 is 1.65 bits per heavy atom. The predicted octanol–water partition coefficient (Wildman–Crippen LogP) is 3.90. The van der Waals surface area contributed by atoms with Gasteiger partial charge in [-0.15, -0.1) is 0 Å². The van der Waals surface area contributed by atoms with Crippen LogP contribution >= 0.6 is 0 Å². The number of halogens is 3. The first-order valence-electron chi connectivity index (χ1n) is 6.03. The van der Waals surface area contributed by atoms with Gasteiger partial charge in [0, 0.05) is 0 Å². The van der Waals surface area contributed by atoms with Crippen LogP contribution in [0.2, 0.25) is 0 Å². The van der Waals surface area contributed by atoms with E-state index in [-0.39, 0.29) is 14.5 Å². The predicted molar refractivity (Wildman–Crippen MR) is 72.9 cm³/mol. The van der Waals surface area contributed by atoms with Crippen LogP contribution in [0.15, 0.2) is 48.5 Å². The molecule has 0 aliphatic carbocycles. The first-order chi connectivity index (χ1) is 9.52. The van der Waals surface area contributed by atoms with Gasteiger partial charge in [0.25, 0.3) is 0 Å². The van der Waals surface area contributed by atoms with Crippen molar-refractivity contribution in [2.45, 2.75) is 12.6 Å². The summed E-state index contributed by atoms with van der Waals surface area (Å²) in [5.74, 6) is 0. The Hall–Kier alpha value is -1.58. The maximum absolute atomic E-state index is 12.5. The molecule has 0 amide bonds. The van der Waals surface area contributed by atoms with Gasteiger partial charge in [-0.05, 0) is 0 Å². The van der Waals surface area contributed by atoms with Gasteiger partial charge in [0.05, 0.1) is 0 Å². The molecular formula is C15H10F3NSe. The average Bonchev–Trinajstić information content (AvgIpc) is 2.80. The summed E-state index contributed by atoms with van der Waals surface area (Å²) >= 11 is 0.180. The summed E-state index contributed by atoms with van der Waals surface area (Å²) < 4.78 is 39.7. The molecule has 0 saturated carbocycles. The van der Waals surface area contributed by atoms with Crippen molar-refractivity contribution in [3.8, 4) is 0 Å². The Morgan fingerprint density at radius 3 is 2.30 bits per heavy atom. The Kier molecular flexibility index (Phi) is 3.40. The van der Waals surface area contributed by atoms with Crippen molar-refractivity contribution in [1.82, 2.24) is 4.98 Å². The number of para-hydroxylation sites is 1. The van der Waals surface area contributed by atoms with Crippen LogP contribution in [0.25, 0.3) is 9.78 Å². The van der Waals surface area contributed by atoms with E-state index in [4.69, 9.17) is 0 Å². The molecule has 3 rings (SSSR count). The van der Waals surface area contributed by atoms with E-state index in [0.29, 0.717) is 6.42 Å². The van der Waals surface area contributed by atoms with Crippen LogP contribution in [0.5, 0.6) is 0 Å². The second-order valence-electron chi connectivity index (χ2n) is 4.45. The van der Waals surface area contributed by atoms with Gasteiger partial charge in [0.15, 0.2) is 0 Å². The standard InChI is InChI=1S/C15H10F3NSe/c16-15(17,18)11-7-5-10(6-8-11)9-14-19-12-3-1-2-4-13(12)20-14/h1-8H,9H2. The van der Waals surface area contributed by atoms with Crippen molar-refractivity contribution in [2.75, 3.05) is 0 Å². The summed E-state index contributed by atoms with van der Waals surface area (Å²) in [7, 11) is 0. The van der Waals surface area contributed by atoms with Crippen molar-refractivity contribution in [3.63, 3.8) is 0 Å². The van der Waals surface area contributed by atoms with E-state index in [0.717, 1.165) is 27.8 Å². The molecule has 0 aliphatic rings. The van der Waals surface area contributed by atoms with E-state index in [1.165, 1.54) is 16.4 Å². The van der Waals surface area contributed by atoms with Crippen LogP contribution in [0.3, 0.4) is 0 Å². The third-order valence-corrected chi connectivity index (χ3v) is 5.15. The van der Waals surface area contributed by atoms with Crippen LogP contribution in [0, 0.1) is 0 Å². The van der Waals surface area contributed by atoms with Crippen LogP contribution in [-0.2, 0) is 12.6 Å². The van der Waals surface area contributed by atoms with Crippen molar-refractivity contribution in [1.29, 1.82) is 0 Å². The number of hydrogen-bond donors (Lipinski definition) is 0. The molecule has 0 radical (unpaired) electrons. The SMILES string of the molecule is FC(F)(F)c1ccc(Cc2nc3ccccc3[se]2)cc1. The van der Waals surface area contributed by atoms with Gasteiger partial charge < -0.3 is 0 Å². The van der Waals surface area contributed by atoms with Gasteiger partial charge >= 0.3 is 119 Å². The van der Waals surface area contributed by atoms with E-state index in [9.17, 15) is 13.2 Å². The molecule has 0 unspecified atom stereocenters. The first-order valence-corrected chi connectivity index (χ1v) is 7.74. The number of hydrogen-bond acceptors (Lipinski definition) is 1. The zero-order chi connectivity index (χ0) is 14.2. The molecule has 102 valence electrons. The van der Waals surface area contributed by atoms with E-state index >= 15 is 0 Å². The second kappa shape index (κ2) is 5.08. The van der Waals surface area contributed by atoms with E-state index in [2.05, 4.69) is 11.1 Å². The van der Waals surface area contributed by atoms with Crippen molar-refractivity contribution in [3.05, 3.63) is 64.2 Å². The zero-order valence-electron chi connectivity index (χ0n) is 10.3. The van der Waals surface area contributed by atoms with Gasteiger partial charge in [-0.25, -0.2) is 0 Å². The molecular weight excluding hydrogens is 330 g/mol. The fraction of sp³-hybridized carbons (Fsp3) is 0.133. The minimum absolute atomic E-state index is 0.180. The number of aromatic nitrogens is 1. The maximum atomic E-state index is 12.5. The van der Waals surface area contributed by atoms with Crippen LogP contribution in [-0.4, -0.2) is 19.5 Å². The molecule has 1 heterocycles. The summed E-state index contributed by atoms with van der Waals surface area (Å²) in [6.07, 6.45) is -3.66. The van der Waals surface area contributed by atoms with Gasteiger partial charge in [-0.2, -0.15) is 0 Å². The number of rotatable bonds is 2. The summed E-state index contributed by atoms with van der Waals surface area (Å²) in [5.41, 5.74) is 1.25. The van der Waals surface area contributed by atoms with E-state index < -0.39 is 11.7 Å². The molecule has 0 spiro atoms. The van der Waals surface area contributed by atoms with Crippen LogP contribution in [0.4, 0.5) is 13.2 Å². The molecule has 0 fully saturated rings. The first kappa shape index (κ1) is 13.4. The topological polar surface area (TPSA) is 12.9 Å². The molecule has 0 aliphatic heterocycles.